The smallest absolute Gasteiger partial charge is 0.124 e. The summed E-state index contributed by atoms with van der Waals surface area (Å²) in [6.45, 7) is 9.30. The third kappa shape index (κ3) is 3.89. The monoisotopic (exact) mass is 345 g/mol. The number of rotatable bonds is 6. The summed E-state index contributed by atoms with van der Waals surface area (Å²) in [5.74, 6) is 3.67. The minimum absolute atomic E-state index is 0.259. The number of ether oxygens (including phenoxy) is 1. The van der Waals surface area contributed by atoms with Gasteiger partial charge in [-0.05, 0) is 19.1 Å². The predicted molar refractivity (Wildman–Crippen MR) is 95.7 cm³/mol. The van der Waals surface area contributed by atoms with Crippen LogP contribution in [0, 0.1) is 12.8 Å². The Morgan fingerprint density at radius 3 is 3.00 bits per heavy atom. The van der Waals surface area contributed by atoms with E-state index in [1.165, 1.54) is 0 Å². The molecule has 25 heavy (non-hydrogen) atoms. The van der Waals surface area contributed by atoms with Gasteiger partial charge in [0.15, 0.2) is 0 Å². The summed E-state index contributed by atoms with van der Waals surface area (Å²) in [6.07, 6.45) is 1.85. The van der Waals surface area contributed by atoms with Gasteiger partial charge in [0.2, 0.25) is 0 Å². The number of nitrogens with zero attached hydrogens (tertiary/aromatic N) is 3. The number of aromatic nitrogens is 2. The number of fused-ring (bicyclic) bond motifs is 1. The maximum atomic E-state index is 5.93. The van der Waals surface area contributed by atoms with Crippen molar-refractivity contribution >= 4 is 5.82 Å². The number of hydrogen-bond donors (Lipinski definition) is 2. The van der Waals surface area contributed by atoms with Crippen LogP contribution in [0.25, 0.3) is 0 Å². The van der Waals surface area contributed by atoms with E-state index in [9.17, 15) is 0 Å². The first-order valence-electron chi connectivity index (χ1n) is 9.14. The molecule has 2 aromatic rings. The highest BCUT2D eigenvalue weighted by Crippen LogP contribution is 2.23. The number of morpholine rings is 1. The van der Waals surface area contributed by atoms with Crippen molar-refractivity contribution in [1.82, 2.24) is 20.0 Å². The largest absolute Gasteiger partial charge is 0.465 e. The Morgan fingerprint density at radius 1 is 1.32 bits per heavy atom. The molecule has 0 aliphatic carbocycles. The van der Waals surface area contributed by atoms with Crippen molar-refractivity contribution in [2.75, 3.05) is 51.3 Å². The van der Waals surface area contributed by atoms with Crippen LogP contribution in [0.4, 0.5) is 5.82 Å². The number of hydrogen-bond acceptors (Lipinski definition) is 6. The Labute approximate surface area is 148 Å². The minimum Gasteiger partial charge on any atom is -0.465 e. The highest BCUT2D eigenvalue weighted by atomic mass is 16.5. The van der Waals surface area contributed by atoms with Crippen molar-refractivity contribution in [2.45, 2.75) is 19.5 Å². The van der Waals surface area contributed by atoms with E-state index in [0.29, 0.717) is 5.92 Å². The number of furan rings is 1. The van der Waals surface area contributed by atoms with Gasteiger partial charge in [-0.3, -0.25) is 4.90 Å². The zero-order valence-corrected chi connectivity index (χ0v) is 14.8. The molecule has 0 bridgehead atoms. The van der Waals surface area contributed by atoms with Gasteiger partial charge in [-0.15, -0.1) is 0 Å². The Bertz CT molecular complexity index is 677. The maximum absolute atomic E-state index is 5.93. The average Bonchev–Trinajstić information content (AvgIpc) is 3.28. The molecular formula is C18H27N5O2. The van der Waals surface area contributed by atoms with Gasteiger partial charge in [0.05, 0.1) is 25.5 Å². The van der Waals surface area contributed by atoms with E-state index in [4.69, 9.17) is 9.15 Å². The van der Waals surface area contributed by atoms with E-state index in [1.807, 2.05) is 29.9 Å². The molecule has 7 heteroatoms. The van der Waals surface area contributed by atoms with Gasteiger partial charge >= 0.3 is 0 Å². The quantitative estimate of drug-likeness (QED) is 0.827. The zero-order chi connectivity index (χ0) is 17.1. The van der Waals surface area contributed by atoms with Crippen LogP contribution in [-0.2, 0) is 11.3 Å². The lowest BCUT2D eigenvalue weighted by molar-refractivity contribution is 0.0114. The molecule has 0 amide bonds. The highest BCUT2D eigenvalue weighted by molar-refractivity contribution is 5.35. The first-order chi connectivity index (χ1) is 12.3. The van der Waals surface area contributed by atoms with Gasteiger partial charge in [-0.25, -0.2) is 4.68 Å². The molecule has 0 radical (unpaired) electrons. The molecule has 4 rings (SSSR count). The molecule has 2 aliphatic rings. The molecule has 0 aromatic carbocycles. The lowest BCUT2D eigenvalue weighted by atomic mass is 10.1. The average molecular weight is 345 g/mol. The number of nitrogens with one attached hydrogen (secondary N) is 2. The molecule has 1 fully saturated rings. The fourth-order valence-electron chi connectivity index (χ4n) is 3.68. The van der Waals surface area contributed by atoms with E-state index in [1.54, 1.807) is 0 Å². The molecule has 2 N–H and O–H groups in total. The van der Waals surface area contributed by atoms with Gasteiger partial charge in [0, 0.05) is 51.3 Å². The van der Waals surface area contributed by atoms with Crippen molar-refractivity contribution in [1.29, 1.82) is 0 Å². The van der Waals surface area contributed by atoms with E-state index in [2.05, 4.69) is 26.7 Å². The topological polar surface area (TPSA) is 67.5 Å². The van der Waals surface area contributed by atoms with Crippen molar-refractivity contribution in [3.63, 3.8) is 0 Å². The van der Waals surface area contributed by atoms with E-state index >= 15 is 0 Å². The molecule has 2 unspecified atom stereocenters. The third-order valence-electron chi connectivity index (χ3n) is 5.07. The highest BCUT2D eigenvalue weighted by Gasteiger charge is 2.25. The SMILES string of the molecule is Cc1ccc(C(CNCC2CNc3ccnn3C2)N2CCOCC2)o1. The summed E-state index contributed by atoms with van der Waals surface area (Å²) >= 11 is 0. The van der Waals surface area contributed by atoms with Crippen LogP contribution < -0.4 is 10.6 Å². The third-order valence-corrected chi connectivity index (χ3v) is 5.07. The molecule has 2 atom stereocenters. The molecule has 2 aliphatic heterocycles. The van der Waals surface area contributed by atoms with Crippen molar-refractivity contribution in [2.24, 2.45) is 5.92 Å². The van der Waals surface area contributed by atoms with Crippen LogP contribution in [0.2, 0.25) is 0 Å². The molecule has 136 valence electrons. The first kappa shape index (κ1) is 16.6. The number of aryl methyl sites for hydroxylation is 1. The second-order valence-electron chi connectivity index (χ2n) is 6.92. The van der Waals surface area contributed by atoms with Crippen LogP contribution in [0.15, 0.2) is 28.8 Å². The van der Waals surface area contributed by atoms with Crippen molar-refractivity contribution in [3.8, 4) is 0 Å². The zero-order valence-electron chi connectivity index (χ0n) is 14.8. The van der Waals surface area contributed by atoms with E-state index < -0.39 is 0 Å². The summed E-state index contributed by atoms with van der Waals surface area (Å²) < 4.78 is 13.5. The van der Waals surface area contributed by atoms with Crippen LogP contribution >= 0.6 is 0 Å². The first-order valence-corrected chi connectivity index (χ1v) is 9.14. The fraction of sp³-hybridized carbons (Fsp3) is 0.611. The molecule has 1 saturated heterocycles. The second kappa shape index (κ2) is 7.59. The predicted octanol–water partition coefficient (Wildman–Crippen LogP) is 1.49. The van der Waals surface area contributed by atoms with Crippen LogP contribution in [0.5, 0.6) is 0 Å². The lowest BCUT2D eigenvalue weighted by Gasteiger charge is -2.34. The van der Waals surface area contributed by atoms with Crippen LogP contribution in [0.1, 0.15) is 17.6 Å². The van der Waals surface area contributed by atoms with Crippen LogP contribution in [-0.4, -0.2) is 60.6 Å². The summed E-state index contributed by atoms with van der Waals surface area (Å²) in [5.41, 5.74) is 0. The van der Waals surface area contributed by atoms with Gasteiger partial charge < -0.3 is 19.8 Å². The molecule has 7 nitrogen and oxygen atoms in total. The normalized spacial score (nSPS) is 22.4. The molecule has 0 spiro atoms. The molecule has 0 saturated carbocycles. The summed E-state index contributed by atoms with van der Waals surface area (Å²) in [6, 6.07) is 6.44. The second-order valence-corrected chi connectivity index (χ2v) is 6.92. The van der Waals surface area contributed by atoms with Crippen LogP contribution in [0.3, 0.4) is 0 Å². The molecule has 4 heterocycles. The Hall–Kier alpha value is -1.83. The molecular weight excluding hydrogens is 318 g/mol. The van der Waals surface area contributed by atoms with Gasteiger partial charge in [0.25, 0.3) is 0 Å². The van der Waals surface area contributed by atoms with Gasteiger partial charge in [0.1, 0.15) is 17.3 Å². The van der Waals surface area contributed by atoms with E-state index in [0.717, 1.165) is 69.8 Å². The summed E-state index contributed by atoms with van der Waals surface area (Å²) in [7, 11) is 0. The standard InChI is InChI=1S/C18H27N5O2/c1-14-2-3-17(25-14)16(22-6-8-24-9-7-22)12-19-10-15-11-20-18-4-5-21-23(18)13-15/h2-5,15-16,19-20H,6-13H2,1H3. The van der Waals surface area contributed by atoms with Crippen molar-refractivity contribution < 1.29 is 9.15 Å². The summed E-state index contributed by atoms with van der Waals surface area (Å²) in [4.78, 5) is 2.46. The minimum atomic E-state index is 0.259. The molecule has 2 aromatic heterocycles. The maximum Gasteiger partial charge on any atom is 0.124 e. The Morgan fingerprint density at radius 2 is 2.20 bits per heavy atom. The Kier molecular flexibility index (Phi) is 5.05. The fourth-order valence-corrected chi connectivity index (χ4v) is 3.68. The lowest BCUT2D eigenvalue weighted by Crippen LogP contribution is -2.44. The Balaban J connectivity index is 1.34. The van der Waals surface area contributed by atoms with Crippen molar-refractivity contribution in [3.05, 3.63) is 35.9 Å². The van der Waals surface area contributed by atoms with Gasteiger partial charge in [-0.1, -0.05) is 0 Å². The van der Waals surface area contributed by atoms with E-state index in [-0.39, 0.29) is 6.04 Å². The summed E-state index contributed by atoms with van der Waals surface area (Å²) in [5, 5.41) is 11.5. The number of anilines is 1. The van der Waals surface area contributed by atoms with Gasteiger partial charge in [-0.2, -0.15) is 5.10 Å².